The Bertz CT molecular complexity index is 158. The fourth-order valence-electron chi connectivity index (χ4n) is 0.327. The second kappa shape index (κ2) is 3.61. The predicted octanol–water partition coefficient (Wildman–Crippen LogP) is -0.336. The van der Waals surface area contributed by atoms with Gasteiger partial charge in [-0.05, 0) is 6.92 Å². The Morgan fingerprint density at radius 2 is 2.56 bits per heavy atom. The van der Waals surface area contributed by atoms with Crippen molar-refractivity contribution in [2.75, 3.05) is 0 Å². The third-order valence-electron chi connectivity index (χ3n) is 0.797. The minimum absolute atomic E-state index is 0.143. The lowest BCUT2D eigenvalue weighted by atomic mass is 10.2. The van der Waals surface area contributed by atoms with E-state index in [1.807, 2.05) is 0 Å². The number of hydrogen-bond acceptors (Lipinski definition) is 3. The summed E-state index contributed by atoms with van der Waals surface area (Å²) in [6.07, 6.45) is 0.409. The van der Waals surface area contributed by atoms with Gasteiger partial charge in [-0.1, -0.05) is 0 Å². The quantitative estimate of drug-likeness (QED) is 0.400. The smallest absolute Gasteiger partial charge is 0.208 e. The first-order valence-electron chi connectivity index (χ1n) is 2.36. The van der Waals surface area contributed by atoms with Crippen LogP contribution in [0.1, 0.15) is 6.92 Å². The fourth-order valence-corrected chi connectivity index (χ4v) is 0.327. The van der Waals surface area contributed by atoms with Crippen molar-refractivity contribution in [1.82, 2.24) is 5.32 Å². The van der Waals surface area contributed by atoms with Crippen LogP contribution in [0.4, 0.5) is 0 Å². The molecule has 0 aliphatic heterocycles. The number of nitrogens with zero attached hydrogens (tertiary/aromatic N) is 1. The summed E-state index contributed by atoms with van der Waals surface area (Å²) >= 11 is 0. The molecule has 0 spiro atoms. The number of hydrogen-bond donors (Lipinski definition) is 2. The maximum Gasteiger partial charge on any atom is 0.208 e. The molecule has 1 unspecified atom stereocenters. The summed E-state index contributed by atoms with van der Waals surface area (Å²) in [5.41, 5.74) is 0.143. The molecule has 0 aliphatic carbocycles. The van der Waals surface area contributed by atoms with Crippen molar-refractivity contribution in [2.24, 2.45) is 0 Å². The molecule has 0 saturated heterocycles. The Labute approximate surface area is 53.0 Å². The zero-order valence-corrected chi connectivity index (χ0v) is 5.01. The molecule has 0 aromatic heterocycles. The molecule has 9 heavy (non-hydrogen) atoms. The van der Waals surface area contributed by atoms with Crippen LogP contribution in [0.25, 0.3) is 0 Å². The molecule has 0 fully saturated rings. The van der Waals surface area contributed by atoms with Crippen molar-refractivity contribution in [1.29, 1.82) is 10.7 Å². The van der Waals surface area contributed by atoms with Crippen LogP contribution < -0.4 is 5.32 Å². The number of amides is 1. The normalized spacial score (nSPS) is 11.1. The minimum atomic E-state index is -0.762. The average molecular weight is 125 g/mol. The second-order valence-corrected chi connectivity index (χ2v) is 1.53. The van der Waals surface area contributed by atoms with Crippen molar-refractivity contribution in [3.05, 3.63) is 0 Å². The van der Waals surface area contributed by atoms with Crippen molar-refractivity contribution in [3.8, 4) is 6.07 Å². The Morgan fingerprint density at radius 1 is 2.00 bits per heavy atom. The standard InChI is InChI=1S/C5H7N3O/c1-4(7)5(2-6)8-3-9/h3,5,7H,1H3,(H,8,9). The number of nitrogens with one attached hydrogen (secondary N) is 2. The van der Waals surface area contributed by atoms with Gasteiger partial charge in [0, 0.05) is 5.71 Å². The summed E-state index contributed by atoms with van der Waals surface area (Å²) in [6.45, 7) is 1.46. The molecule has 1 atom stereocenters. The van der Waals surface area contributed by atoms with E-state index in [2.05, 4.69) is 5.32 Å². The molecule has 0 rings (SSSR count). The van der Waals surface area contributed by atoms with Gasteiger partial charge in [0.05, 0.1) is 6.07 Å². The molecular formula is C5H7N3O. The molecule has 0 heterocycles. The van der Waals surface area contributed by atoms with Gasteiger partial charge in [-0.3, -0.25) is 4.79 Å². The first-order valence-corrected chi connectivity index (χ1v) is 2.36. The van der Waals surface area contributed by atoms with Crippen LogP contribution in [0.15, 0.2) is 0 Å². The molecule has 4 nitrogen and oxygen atoms in total. The molecule has 0 bridgehead atoms. The maximum absolute atomic E-state index is 9.72. The van der Waals surface area contributed by atoms with Crippen molar-refractivity contribution < 1.29 is 4.79 Å². The zero-order valence-electron chi connectivity index (χ0n) is 5.01. The van der Waals surface area contributed by atoms with Gasteiger partial charge in [-0.2, -0.15) is 5.26 Å². The molecule has 0 aromatic rings. The fraction of sp³-hybridized carbons (Fsp3) is 0.400. The van der Waals surface area contributed by atoms with E-state index in [1.165, 1.54) is 6.92 Å². The van der Waals surface area contributed by atoms with Gasteiger partial charge in [-0.25, -0.2) is 0 Å². The van der Waals surface area contributed by atoms with Gasteiger partial charge < -0.3 is 10.7 Å². The SMILES string of the molecule is CC(=N)C(C#N)NC=O. The summed E-state index contributed by atoms with van der Waals surface area (Å²) in [7, 11) is 0. The minimum Gasteiger partial charge on any atom is -0.338 e. The van der Waals surface area contributed by atoms with Crippen LogP contribution in [0.3, 0.4) is 0 Å². The summed E-state index contributed by atoms with van der Waals surface area (Å²) in [4.78, 5) is 9.72. The van der Waals surface area contributed by atoms with E-state index in [1.54, 1.807) is 6.07 Å². The lowest BCUT2D eigenvalue weighted by molar-refractivity contribution is -0.109. The third kappa shape index (κ3) is 2.44. The first kappa shape index (κ1) is 7.63. The largest absolute Gasteiger partial charge is 0.338 e. The highest BCUT2D eigenvalue weighted by atomic mass is 16.1. The van der Waals surface area contributed by atoms with E-state index in [0.29, 0.717) is 6.41 Å². The average Bonchev–Trinajstić information content (AvgIpc) is 1.82. The van der Waals surface area contributed by atoms with Crippen molar-refractivity contribution in [2.45, 2.75) is 13.0 Å². The monoisotopic (exact) mass is 125 g/mol. The van der Waals surface area contributed by atoms with Crippen LogP contribution in [0, 0.1) is 16.7 Å². The van der Waals surface area contributed by atoms with Gasteiger partial charge in [-0.15, -0.1) is 0 Å². The lowest BCUT2D eigenvalue weighted by Gasteiger charge is -2.02. The Kier molecular flexibility index (Phi) is 3.06. The summed E-state index contributed by atoms with van der Waals surface area (Å²) in [5.74, 6) is 0. The number of rotatable bonds is 3. The Balaban J connectivity index is 3.86. The molecule has 0 saturated carbocycles. The maximum atomic E-state index is 9.72. The van der Waals surface area contributed by atoms with Crippen LogP contribution in [-0.2, 0) is 4.79 Å². The lowest BCUT2D eigenvalue weighted by Crippen LogP contribution is -2.32. The molecule has 0 aliphatic rings. The highest BCUT2D eigenvalue weighted by molar-refractivity contribution is 5.88. The van der Waals surface area contributed by atoms with Crippen LogP contribution in [0.5, 0.6) is 0 Å². The predicted molar refractivity (Wildman–Crippen MR) is 32.0 cm³/mol. The highest BCUT2D eigenvalue weighted by Gasteiger charge is 2.05. The zero-order chi connectivity index (χ0) is 7.28. The van der Waals surface area contributed by atoms with E-state index in [9.17, 15) is 4.79 Å². The summed E-state index contributed by atoms with van der Waals surface area (Å²) in [5, 5.41) is 17.3. The molecular weight excluding hydrogens is 118 g/mol. The molecule has 2 N–H and O–H groups in total. The van der Waals surface area contributed by atoms with E-state index in [-0.39, 0.29) is 5.71 Å². The van der Waals surface area contributed by atoms with Gasteiger partial charge in [0.15, 0.2) is 6.04 Å². The number of nitriles is 1. The molecule has 1 amide bonds. The highest BCUT2D eigenvalue weighted by Crippen LogP contribution is 1.79. The van der Waals surface area contributed by atoms with Gasteiger partial charge in [0.25, 0.3) is 0 Å². The van der Waals surface area contributed by atoms with Crippen LogP contribution >= 0.6 is 0 Å². The third-order valence-corrected chi connectivity index (χ3v) is 0.797. The molecule has 4 heteroatoms. The molecule has 48 valence electrons. The van der Waals surface area contributed by atoms with Gasteiger partial charge >= 0.3 is 0 Å². The van der Waals surface area contributed by atoms with E-state index in [0.717, 1.165) is 0 Å². The Morgan fingerprint density at radius 3 is 2.67 bits per heavy atom. The summed E-state index contributed by atoms with van der Waals surface area (Å²) < 4.78 is 0. The van der Waals surface area contributed by atoms with E-state index >= 15 is 0 Å². The van der Waals surface area contributed by atoms with E-state index < -0.39 is 6.04 Å². The van der Waals surface area contributed by atoms with Crippen molar-refractivity contribution in [3.63, 3.8) is 0 Å². The summed E-state index contributed by atoms with van der Waals surface area (Å²) in [6, 6.07) is 0.974. The first-order chi connectivity index (χ1) is 4.22. The van der Waals surface area contributed by atoms with Crippen molar-refractivity contribution >= 4 is 12.1 Å². The number of carbonyl (C=O) groups is 1. The second-order valence-electron chi connectivity index (χ2n) is 1.53. The molecule has 0 aromatic carbocycles. The Hall–Kier alpha value is -1.37. The van der Waals surface area contributed by atoms with Crippen LogP contribution in [0.2, 0.25) is 0 Å². The van der Waals surface area contributed by atoms with Gasteiger partial charge in [0.2, 0.25) is 6.41 Å². The van der Waals surface area contributed by atoms with Gasteiger partial charge in [0.1, 0.15) is 0 Å². The number of carbonyl (C=O) groups excluding carboxylic acids is 1. The van der Waals surface area contributed by atoms with Crippen LogP contribution in [-0.4, -0.2) is 18.2 Å². The molecule has 0 radical (unpaired) electrons. The topological polar surface area (TPSA) is 76.7 Å². The van der Waals surface area contributed by atoms with E-state index in [4.69, 9.17) is 10.7 Å².